The van der Waals surface area contributed by atoms with Crippen LogP contribution in [0.15, 0.2) is 54.7 Å². The number of benzene rings is 1. The van der Waals surface area contributed by atoms with E-state index in [0.29, 0.717) is 24.1 Å². The van der Waals surface area contributed by atoms with Crippen LogP contribution in [0.2, 0.25) is 0 Å². The molecule has 0 aliphatic heterocycles. The van der Waals surface area contributed by atoms with Crippen molar-refractivity contribution in [3.8, 4) is 5.75 Å². The third-order valence-electron chi connectivity index (χ3n) is 4.88. The number of carbonyl (C=O) groups is 2. The number of nitrogens with one attached hydrogen (secondary N) is 2. The van der Waals surface area contributed by atoms with Gasteiger partial charge < -0.3 is 15.4 Å². The zero-order valence-corrected chi connectivity index (χ0v) is 16.5. The number of aromatic nitrogens is 1. The van der Waals surface area contributed by atoms with E-state index in [-0.39, 0.29) is 18.4 Å². The number of ether oxygens (including phenoxy) is 1. The molecular weight excluding hydrogens is 366 g/mol. The number of pyridine rings is 1. The maximum Gasteiger partial charge on any atom is 0.245 e. The average Bonchev–Trinajstić information content (AvgIpc) is 2.77. The molecule has 2 amide bonds. The van der Waals surface area contributed by atoms with E-state index in [0.717, 1.165) is 5.56 Å². The molecule has 29 heavy (non-hydrogen) atoms. The molecule has 152 valence electrons. The lowest BCUT2D eigenvalue weighted by Gasteiger charge is -2.22. The highest BCUT2D eigenvalue weighted by atomic mass is 16.5. The highest BCUT2D eigenvalue weighted by Crippen LogP contribution is 2.26. The molecule has 0 spiro atoms. The van der Waals surface area contributed by atoms with Crippen molar-refractivity contribution in [3.05, 3.63) is 60.3 Å². The van der Waals surface area contributed by atoms with E-state index < -0.39 is 0 Å². The van der Waals surface area contributed by atoms with Crippen molar-refractivity contribution in [1.29, 1.82) is 0 Å². The molecule has 1 aliphatic carbocycles. The molecule has 1 heterocycles. The Labute approximate surface area is 171 Å². The average molecular weight is 393 g/mol. The Hall–Kier alpha value is -3.15. The van der Waals surface area contributed by atoms with Gasteiger partial charge >= 0.3 is 0 Å². The number of amides is 2. The van der Waals surface area contributed by atoms with Crippen LogP contribution in [0.25, 0.3) is 6.08 Å². The molecule has 1 saturated carbocycles. The highest BCUT2D eigenvalue weighted by molar-refractivity contribution is 5.98. The lowest BCUT2D eigenvalue weighted by Crippen LogP contribution is -2.32. The first-order chi connectivity index (χ1) is 14.2. The van der Waals surface area contributed by atoms with Crippen molar-refractivity contribution in [3.63, 3.8) is 0 Å². The van der Waals surface area contributed by atoms with Crippen molar-refractivity contribution in [2.75, 3.05) is 18.5 Å². The van der Waals surface area contributed by atoms with Crippen molar-refractivity contribution >= 4 is 23.7 Å². The van der Waals surface area contributed by atoms with Gasteiger partial charge in [-0.3, -0.25) is 9.59 Å². The Kier molecular flexibility index (Phi) is 7.81. The second kappa shape index (κ2) is 11.0. The summed E-state index contributed by atoms with van der Waals surface area (Å²) in [5, 5.41) is 5.28. The van der Waals surface area contributed by atoms with Crippen LogP contribution in [-0.4, -0.2) is 29.9 Å². The van der Waals surface area contributed by atoms with Crippen molar-refractivity contribution in [2.45, 2.75) is 32.1 Å². The minimum absolute atomic E-state index is 0.142. The summed E-state index contributed by atoms with van der Waals surface area (Å²) < 4.78 is 5.91. The number of hydrogen-bond acceptors (Lipinski definition) is 4. The van der Waals surface area contributed by atoms with E-state index in [9.17, 15) is 9.59 Å². The van der Waals surface area contributed by atoms with E-state index in [1.54, 1.807) is 24.4 Å². The molecule has 2 N–H and O–H groups in total. The van der Waals surface area contributed by atoms with Gasteiger partial charge in [-0.05, 0) is 42.5 Å². The van der Waals surface area contributed by atoms with Gasteiger partial charge in [-0.15, -0.1) is 0 Å². The van der Waals surface area contributed by atoms with Gasteiger partial charge in [-0.25, -0.2) is 4.98 Å². The van der Waals surface area contributed by atoms with Gasteiger partial charge in [-0.2, -0.15) is 0 Å². The van der Waals surface area contributed by atoms with Gasteiger partial charge in [0.2, 0.25) is 11.8 Å². The summed E-state index contributed by atoms with van der Waals surface area (Å²) in [4.78, 5) is 28.3. The minimum atomic E-state index is -0.354. The first-order valence-corrected chi connectivity index (χ1v) is 10.1. The zero-order chi connectivity index (χ0) is 20.3. The lowest BCUT2D eigenvalue weighted by molar-refractivity contribution is -0.121. The van der Waals surface area contributed by atoms with Crippen LogP contribution in [0.4, 0.5) is 5.82 Å². The van der Waals surface area contributed by atoms with Gasteiger partial charge in [-0.1, -0.05) is 49.6 Å². The SMILES string of the molecule is O=C(/C=C/c1ccccc1)NCC(=O)Nc1ncccc1OCC1CCCCC1. The molecule has 0 atom stereocenters. The molecule has 0 radical (unpaired) electrons. The first kappa shape index (κ1) is 20.6. The zero-order valence-electron chi connectivity index (χ0n) is 16.5. The number of nitrogens with zero attached hydrogens (tertiary/aromatic N) is 1. The van der Waals surface area contributed by atoms with Crippen molar-refractivity contribution in [2.24, 2.45) is 5.92 Å². The van der Waals surface area contributed by atoms with Gasteiger partial charge in [0.25, 0.3) is 0 Å². The second-order valence-electron chi connectivity index (χ2n) is 7.18. The summed E-state index contributed by atoms with van der Waals surface area (Å²) in [6.45, 7) is 0.492. The number of carbonyl (C=O) groups excluding carboxylic acids is 2. The molecular formula is C23H27N3O3. The highest BCUT2D eigenvalue weighted by Gasteiger charge is 2.16. The molecule has 2 aromatic rings. The summed E-state index contributed by atoms with van der Waals surface area (Å²) in [6, 6.07) is 13.1. The van der Waals surface area contributed by atoms with Gasteiger partial charge in [0.05, 0.1) is 13.2 Å². The predicted octanol–water partition coefficient (Wildman–Crippen LogP) is 3.81. The molecule has 0 bridgehead atoms. The van der Waals surface area contributed by atoms with E-state index in [4.69, 9.17) is 4.74 Å². The van der Waals surface area contributed by atoms with Crippen LogP contribution in [-0.2, 0) is 9.59 Å². The summed E-state index contributed by atoms with van der Waals surface area (Å²) in [5.74, 6) is 0.804. The summed E-state index contributed by atoms with van der Waals surface area (Å²) in [5.41, 5.74) is 0.917. The maximum absolute atomic E-state index is 12.2. The van der Waals surface area contributed by atoms with Gasteiger partial charge in [0.1, 0.15) is 0 Å². The molecule has 6 nitrogen and oxygen atoms in total. The Morgan fingerprint density at radius 1 is 1.07 bits per heavy atom. The molecule has 1 aromatic carbocycles. The van der Waals surface area contributed by atoms with Crippen LogP contribution >= 0.6 is 0 Å². The van der Waals surface area contributed by atoms with Crippen LogP contribution < -0.4 is 15.4 Å². The van der Waals surface area contributed by atoms with Gasteiger partial charge in [0, 0.05) is 12.3 Å². The molecule has 3 rings (SSSR count). The fourth-order valence-corrected chi connectivity index (χ4v) is 3.30. The molecule has 6 heteroatoms. The van der Waals surface area contributed by atoms with Crippen LogP contribution in [0.3, 0.4) is 0 Å². The normalized spacial score (nSPS) is 14.5. The quantitative estimate of drug-likeness (QED) is 0.669. The lowest BCUT2D eigenvalue weighted by atomic mass is 9.90. The molecule has 0 saturated heterocycles. The van der Waals surface area contributed by atoms with Crippen molar-refractivity contribution < 1.29 is 14.3 Å². The van der Waals surface area contributed by atoms with E-state index in [1.165, 1.54) is 38.2 Å². The van der Waals surface area contributed by atoms with E-state index in [1.807, 2.05) is 30.3 Å². The topological polar surface area (TPSA) is 80.3 Å². The number of rotatable bonds is 8. The summed E-state index contributed by atoms with van der Waals surface area (Å²) >= 11 is 0. The largest absolute Gasteiger partial charge is 0.489 e. The van der Waals surface area contributed by atoms with Crippen LogP contribution in [0.5, 0.6) is 5.75 Å². The van der Waals surface area contributed by atoms with E-state index in [2.05, 4.69) is 15.6 Å². The number of hydrogen-bond donors (Lipinski definition) is 2. The molecule has 0 unspecified atom stereocenters. The fourth-order valence-electron chi connectivity index (χ4n) is 3.30. The smallest absolute Gasteiger partial charge is 0.245 e. The Balaban J connectivity index is 1.46. The minimum Gasteiger partial charge on any atom is -0.489 e. The Morgan fingerprint density at radius 3 is 2.66 bits per heavy atom. The first-order valence-electron chi connectivity index (χ1n) is 10.1. The molecule has 1 aliphatic rings. The predicted molar refractivity (Wildman–Crippen MR) is 113 cm³/mol. The molecule has 1 aromatic heterocycles. The third kappa shape index (κ3) is 7.07. The van der Waals surface area contributed by atoms with Crippen molar-refractivity contribution in [1.82, 2.24) is 10.3 Å². The Morgan fingerprint density at radius 2 is 1.86 bits per heavy atom. The third-order valence-corrected chi connectivity index (χ3v) is 4.88. The fraction of sp³-hybridized carbons (Fsp3) is 0.348. The maximum atomic E-state index is 12.2. The standard InChI is InChI=1S/C23H27N3O3/c27-21(14-13-18-8-3-1-4-9-18)25-16-22(28)26-23-20(12-7-15-24-23)29-17-19-10-5-2-6-11-19/h1,3-4,7-9,12-15,19H,2,5-6,10-11,16-17H2,(H,25,27)(H,24,26,28)/b14-13+. The molecule has 1 fully saturated rings. The summed E-state index contributed by atoms with van der Waals surface area (Å²) in [6.07, 6.45) is 10.9. The number of anilines is 1. The van der Waals surface area contributed by atoms with Gasteiger partial charge in [0.15, 0.2) is 11.6 Å². The van der Waals surface area contributed by atoms with Crippen LogP contribution in [0, 0.1) is 5.92 Å². The monoisotopic (exact) mass is 393 g/mol. The summed E-state index contributed by atoms with van der Waals surface area (Å²) in [7, 11) is 0. The second-order valence-corrected chi connectivity index (χ2v) is 7.18. The van der Waals surface area contributed by atoms with Crippen LogP contribution in [0.1, 0.15) is 37.7 Å². The van der Waals surface area contributed by atoms with E-state index >= 15 is 0 Å². The Bertz CT molecular complexity index is 830.